The van der Waals surface area contributed by atoms with E-state index in [1.807, 2.05) is 0 Å². The van der Waals surface area contributed by atoms with Crippen molar-refractivity contribution in [1.82, 2.24) is 0 Å². The quantitative estimate of drug-likeness (QED) is 0.0414. The zero-order valence-corrected chi connectivity index (χ0v) is 28.5. The molecule has 0 aliphatic rings. The van der Waals surface area contributed by atoms with Crippen molar-refractivity contribution < 1.29 is 101 Å². The molecule has 0 aromatic carbocycles. The standard InChI is InChI=1S/C18H35NO.C4H6O7S.C2H7NO.2Na/c1-2-3-4-5-6-7-8-9-10-11-12-13-14-15-16-17-18(19)20;5-3(6)1-2-4(7)11-12(8,9)10;3-1-2-4;;/h9-10H,2-8,11-17H2,1H3,(H2,19,20);1-2H2,(H,5,6)(H,8,9,10);4H,1-3H2;;/q;;;2*+1/p-2/b10-9-;;;;. The molecule has 1 amide bonds. The molecule has 0 saturated carbocycles. The Morgan fingerprint density at radius 1 is 0.816 bits per heavy atom. The number of aliphatic carboxylic acids is 1. The van der Waals surface area contributed by atoms with Crippen LogP contribution in [0.1, 0.15) is 110 Å². The minimum Gasteiger partial charge on any atom is -0.716 e. The van der Waals surface area contributed by atoms with Crippen molar-refractivity contribution in [3.8, 4) is 0 Å². The van der Waals surface area contributed by atoms with Gasteiger partial charge in [-0.15, -0.1) is 0 Å². The van der Waals surface area contributed by atoms with Crippen molar-refractivity contribution in [2.75, 3.05) is 13.2 Å². The summed E-state index contributed by atoms with van der Waals surface area (Å²) in [5.41, 5.74) is 9.88. The van der Waals surface area contributed by atoms with Crippen LogP contribution in [0.4, 0.5) is 0 Å². The summed E-state index contributed by atoms with van der Waals surface area (Å²) in [6, 6.07) is 0. The van der Waals surface area contributed by atoms with E-state index in [4.69, 9.17) is 16.6 Å². The van der Waals surface area contributed by atoms with Crippen LogP contribution in [0.3, 0.4) is 0 Å². The Labute approximate surface area is 273 Å². The van der Waals surface area contributed by atoms with Crippen molar-refractivity contribution in [3.05, 3.63) is 12.2 Å². The molecule has 0 aliphatic carbocycles. The molecule has 0 atom stereocenters. The number of carboxylic acids is 1. The Balaban J connectivity index is -0.000000172. The predicted molar refractivity (Wildman–Crippen MR) is 135 cm³/mol. The average molecular weight is 585 g/mol. The normalized spacial score (nSPS) is 10.1. The molecular formula is C24H46N2Na2O9S. The minimum absolute atomic E-state index is 0. The molecule has 0 aliphatic heterocycles. The van der Waals surface area contributed by atoms with E-state index >= 15 is 0 Å². The van der Waals surface area contributed by atoms with Crippen molar-refractivity contribution in [2.45, 2.75) is 110 Å². The molecule has 38 heavy (non-hydrogen) atoms. The average Bonchev–Trinajstić information content (AvgIpc) is 2.79. The summed E-state index contributed by atoms with van der Waals surface area (Å²) in [6.45, 7) is 2.74. The summed E-state index contributed by atoms with van der Waals surface area (Å²) in [5.74, 6) is -3.10. The smallest absolute Gasteiger partial charge is 0.716 e. The van der Waals surface area contributed by atoms with E-state index in [1.54, 1.807) is 0 Å². The second kappa shape index (κ2) is 37.0. The van der Waals surface area contributed by atoms with E-state index in [2.05, 4.69) is 23.3 Å². The number of nitrogens with two attached hydrogens (primary N) is 2. The third kappa shape index (κ3) is 56.2. The summed E-state index contributed by atoms with van der Waals surface area (Å²) >= 11 is 0. The molecule has 0 aromatic rings. The first-order valence-electron chi connectivity index (χ1n) is 12.6. The van der Waals surface area contributed by atoms with E-state index in [-0.39, 0.29) is 71.6 Å². The van der Waals surface area contributed by atoms with E-state index in [0.717, 1.165) is 12.8 Å². The van der Waals surface area contributed by atoms with Crippen LogP contribution >= 0.6 is 0 Å². The van der Waals surface area contributed by atoms with Gasteiger partial charge >= 0.3 is 65.1 Å². The molecule has 0 unspecified atom stereocenters. The van der Waals surface area contributed by atoms with Crippen molar-refractivity contribution >= 4 is 28.2 Å². The SMILES string of the molecule is CCCCCCCC/C=C\CCCCCCCC(N)=O.NCCO.O=C([O-])CCC(=O)OS(=O)(=O)[O-].[Na+].[Na+]. The van der Waals surface area contributed by atoms with E-state index in [0.29, 0.717) is 13.0 Å². The first-order chi connectivity index (χ1) is 17.0. The fraction of sp³-hybridized carbons (Fsp3) is 0.792. The molecular weight excluding hydrogens is 538 g/mol. The number of carbonyl (C=O) groups excluding carboxylic acids is 3. The Kier molecular flexibility index (Phi) is 46.5. The van der Waals surface area contributed by atoms with Crippen LogP contribution < -0.4 is 75.7 Å². The number of rotatable bonds is 20. The van der Waals surface area contributed by atoms with Gasteiger partial charge in [0, 0.05) is 18.9 Å². The number of unbranched alkanes of at least 4 members (excludes halogenated alkanes) is 11. The summed E-state index contributed by atoms with van der Waals surface area (Å²) in [6.07, 6.45) is 20.5. The molecule has 14 heteroatoms. The number of amides is 1. The molecule has 0 rings (SSSR count). The van der Waals surface area contributed by atoms with Gasteiger partial charge in [0.1, 0.15) is 0 Å². The van der Waals surface area contributed by atoms with Gasteiger partial charge in [-0.05, 0) is 38.5 Å². The first-order valence-corrected chi connectivity index (χ1v) is 14.0. The van der Waals surface area contributed by atoms with Crippen molar-refractivity contribution in [1.29, 1.82) is 0 Å². The Hall–Kier alpha value is -0.0200. The fourth-order valence-corrected chi connectivity index (χ4v) is 3.04. The van der Waals surface area contributed by atoms with Gasteiger partial charge in [-0.1, -0.05) is 70.4 Å². The molecule has 214 valence electrons. The third-order valence-electron chi connectivity index (χ3n) is 4.54. The number of aliphatic hydroxyl groups is 1. The Morgan fingerprint density at radius 2 is 1.24 bits per heavy atom. The fourth-order valence-electron chi connectivity index (χ4n) is 2.73. The maximum absolute atomic E-state index is 10.5. The number of primary amides is 1. The summed E-state index contributed by atoms with van der Waals surface area (Å²) < 4.78 is 32.4. The minimum atomic E-state index is -5.08. The van der Waals surface area contributed by atoms with Crippen molar-refractivity contribution in [3.63, 3.8) is 0 Å². The molecule has 11 nitrogen and oxygen atoms in total. The van der Waals surface area contributed by atoms with Gasteiger partial charge in [0.25, 0.3) is 10.4 Å². The summed E-state index contributed by atoms with van der Waals surface area (Å²) in [7, 11) is -5.08. The van der Waals surface area contributed by atoms with Gasteiger partial charge in [-0.3, -0.25) is 9.59 Å². The molecule has 0 saturated heterocycles. The van der Waals surface area contributed by atoms with Crippen LogP contribution in [-0.4, -0.2) is 49.1 Å². The second-order valence-electron chi connectivity index (χ2n) is 8.05. The number of carboxylic acid groups (broad SMARTS) is 1. The third-order valence-corrected chi connectivity index (χ3v) is 4.93. The van der Waals surface area contributed by atoms with Gasteiger partial charge < -0.3 is 35.2 Å². The van der Waals surface area contributed by atoms with Crippen LogP contribution in [0.25, 0.3) is 0 Å². The van der Waals surface area contributed by atoms with Gasteiger partial charge in [-0.25, -0.2) is 8.42 Å². The van der Waals surface area contributed by atoms with Gasteiger partial charge in [0.2, 0.25) is 5.91 Å². The molecule has 0 aromatic heterocycles. The van der Waals surface area contributed by atoms with Gasteiger partial charge in [0.15, 0.2) is 0 Å². The predicted octanol–water partition coefficient (Wildman–Crippen LogP) is -4.03. The number of carbonyl (C=O) groups is 3. The molecule has 0 radical (unpaired) electrons. The molecule has 0 spiro atoms. The van der Waals surface area contributed by atoms with E-state index in [9.17, 15) is 32.5 Å². The van der Waals surface area contributed by atoms with Crippen LogP contribution in [0.15, 0.2) is 12.2 Å². The molecule has 5 N–H and O–H groups in total. The zero-order valence-electron chi connectivity index (χ0n) is 23.7. The maximum Gasteiger partial charge on any atom is 1.00 e. The van der Waals surface area contributed by atoms with Crippen LogP contribution in [0.5, 0.6) is 0 Å². The number of hydrogen-bond acceptors (Lipinski definition) is 10. The maximum atomic E-state index is 10.5. The molecule has 0 heterocycles. The van der Waals surface area contributed by atoms with E-state index < -0.39 is 35.2 Å². The van der Waals surface area contributed by atoms with Crippen LogP contribution in [0, 0.1) is 0 Å². The second-order valence-corrected chi connectivity index (χ2v) is 9.03. The van der Waals surface area contributed by atoms with Gasteiger partial charge in [0.05, 0.1) is 13.0 Å². The van der Waals surface area contributed by atoms with Crippen LogP contribution in [0.2, 0.25) is 0 Å². The topological polar surface area (TPSA) is 213 Å². The Bertz CT molecular complexity index is 678. The number of allylic oxidation sites excluding steroid dienone is 2. The van der Waals surface area contributed by atoms with Crippen LogP contribution in [-0.2, 0) is 29.0 Å². The summed E-state index contributed by atoms with van der Waals surface area (Å²) in [4.78, 5) is 30.5. The largest absolute Gasteiger partial charge is 1.00 e. The molecule has 0 fully saturated rings. The van der Waals surface area contributed by atoms with Crippen molar-refractivity contribution in [2.24, 2.45) is 11.5 Å². The zero-order chi connectivity index (χ0) is 28.1. The monoisotopic (exact) mass is 584 g/mol. The van der Waals surface area contributed by atoms with E-state index in [1.165, 1.54) is 70.6 Å². The Morgan fingerprint density at radius 3 is 1.61 bits per heavy atom. The van der Waals surface area contributed by atoms with Gasteiger partial charge in [-0.2, -0.15) is 0 Å². The first kappa shape index (κ1) is 47.8. The molecule has 0 bridgehead atoms. The summed E-state index contributed by atoms with van der Waals surface area (Å²) in [5, 5.41) is 17.5. The number of hydrogen-bond donors (Lipinski definition) is 3. The number of aliphatic hydroxyl groups excluding tert-OH is 1.